The molecule has 146 valence electrons. The number of benzene rings is 2. The van der Waals surface area contributed by atoms with Crippen LogP contribution in [0.4, 0.5) is 0 Å². The van der Waals surface area contributed by atoms with E-state index >= 15 is 0 Å². The van der Waals surface area contributed by atoms with Gasteiger partial charge in [0.1, 0.15) is 5.82 Å². The largest absolute Gasteiger partial charge is 0.400 e. The molecule has 0 bridgehead atoms. The van der Waals surface area contributed by atoms with Crippen molar-refractivity contribution in [1.82, 2.24) is 19.8 Å². The number of carbonyl (C=O) groups is 1. The maximum Gasteiger partial charge on any atom is 0.253 e. The number of para-hydroxylation sites is 1. The number of imidazole rings is 1. The van der Waals surface area contributed by atoms with Gasteiger partial charge in [0.25, 0.3) is 5.91 Å². The Bertz CT molecular complexity index is 972. The SMILES string of the molecule is CO.O=C1NCCn2c(-c3ccc(CN4CCCC4)cc3)nc3cccc1c32. The van der Waals surface area contributed by atoms with Crippen LogP contribution in [0, 0.1) is 0 Å². The van der Waals surface area contributed by atoms with Crippen LogP contribution in [0.3, 0.4) is 0 Å². The van der Waals surface area contributed by atoms with Crippen LogP contribution in [0.1, 0.15) is 28.8 Å². The van der Waals surface area contributed by atoms with E-state index in [9.17, 15) is 4.79 Å². The van der Waals surface area contributed by atoms with Gasteiger partial charge in [0, 0.05) is 32.3 Å². The second-order valence-electron chi connectivity index (χ2n) is 7.20. The average molecular weight is 378 g/mol. The van der Waals surface area contributed by atoms with E-state index < -0.39 is 0 Å². The normalized spacial score (nSPS) is 16.4. The monoisotopic (exact) mass is 378 g/mol. The predicted molar refractivity (Wildman–Crippen MR) is 110 cm³/mol. The molecule has 2 aromatic carbocycles. The van der Waals surface area contributed by atoms with E-state index in [0.29, 0.717) is 12.1 Å². The summed E-state index contributed by atoms with van der Waals surface area (Å²) in [7, 11) is 1.00. The molecule has 0 radical (unpaired) electrons. The minimum absolute atomic E-state index is 0.0123. The fraction of sp³-hybridized carbons (Fsp3) is 0.364. The number of rotatable bonds is 3. The van der Waals surface area contributed by atoms with Gasteiger partial charge in [0.05, 0.1) is 16.6 Å². The first-order valence-electron chi connectivity index (χ1n) is 9.83. The van der Waals surface area contributed by atoms with E-state index in [1.54, 1.807) is 0 Å². The minimum Gasteiger partial charge on any atom is -0.400 e. The van der Waals surface area contributed by atoms with Crippen molar-refractivity contribution in [3.05, 3.63) is 53.6 Å². The lowest BCUT2D eigenvalue weighted by Gasteiger charge is -2.14. The molecule has 1 saturated heterocycles. The van der Waals surface area contributed by atoms with Crippen molar-refractivity contribution < 1.29 is 9.90 Å². The lowest BCUT2D eigenvalue weighted by atomic mass is 10.1. The Kier molecular flexibility index (Phi) is 5.41. The second-order valence-corrected chi connectivity index (χ2v) is 7.20. The van der Waals surface area contributed by atoms with Crippen molar-refractivity contribution in [3.63, 3.8) is 0 Å². The summed E-state index contributed by atoms with van der Waals surface area (Å²) in [4.78, 5) is 19.6. The Morgan fingerprint density at radius 3 is 2.54 bits per heavy atom. The van der Waals surface area contributed by atoms with Crippen LogP contribution >= 0.6 is 0 Å². The lowest BCUT2D eigenvalue weighted by Crippen LogP contribution is -2.24. The molecule has 0 aliphatic carbocycles. The van der Waals surface area contributed by atoms with E-state index in [2.05, 4.69) is 39.0 Å². The minimum atomic E-state index is -0.0123. The molecule has 3 heterocycles. The zero-order valence-electron chi connectivity index (χ0n) is 16.2. The Hall–Kier alpha value is -2.70. The Morgan fingerprint density at radius 2 is 1.79 bits per heavy atom. The molecule has 28 heavy (non-hydrogen) atoms. The molecule has 2 N–H and O–H groups in total. The Labute approximate surface area is 164 Å². The van der Waals surface area contributed by atoms with E-state index in [0.717, 1.165) is 42.6 Å². The van der Waals surface area contributed by atoms with Crippen LogP contribution in [0.25, 0.3) is 22.4 Å². The van der Waals surface area contributed by atoms with Crippen molar-refractivity contribution >= 4 is 16.9 Å². The van der Waals surface area contributed by atoms with Crippen LogP contribution in [-0.4, -0.2) is 52.2 Å². The summed E-state index contributed by atoms with van der Waals surface area (Å²) >= 11 is 0. The molecule has 0 atom stereocenters. The van der Waals surface area contributed by atoms with Gasteiger partial charge in [-0.2, -0.15) is 0 Å². The fourth-order valence-corrected chi connectivity index (χ4v) is 4.14. The van der Waals surface area contributed by atoms with Crippen LogP contribution in [0.15, 0.2) is 42.5 Å². The van der Waals surface area contributed by atoms with Gasteiger partial charge in [-0.05, 0) is 43.6 Å². The first-order chi connectivity index (χ1) is 13.8. The molecule has 2 aliphatic rings. The van der Waals surface area contributed by atoms with Gasteiger partial charge >= 0.3 is 0 Å². The molecule has 5 rings (SSSR count). The number of aliphatic hydroxyl groups is 1. The summed E-state index contributed by atoms with van der Waals surface area (Å²) in [5.74, 6) is 0.929. The molecule has 2 aliphatic heterocycles. The van der Waals surface area contributed by atoms with Crippen LogP contribution < -0.4 is 5.32 Å². The summed E-state index contributed by atoms with van der Waals surface area (Å²) in [6.07, 6.45) is 2.63. The Morgan fingerprint density at radius 1 is 1.04 bits per heavy atom. The zero-order chi connectivity index (χ0) is 19.5. The molecule has 3 aromatic rings. The van der Waals surface area contributed by atoms with Crippen molar-refractivity contribution in [2.75, 3.05) is 26.7 Å². The molecule has 0 spiro atoms. The number of nitrogens with one attached hydrogen (secondary N) is 1. The third kappa shape index (κ3) is 3.41. The number of hydrogen-bond donors (Lipinski definition) is 2. The number of aromatic nitrogens is 2. The van der Waals surface area contributed by atoms with Crippen molar-refractivity contribution in [2.24, 2.45) is 0 Å². The third-order valence-electron chi connectivity index (χ3n) is 5.45. The number of carbonyl (C=O) groups excluding carboxylic acids is 1. The highest BCUT2D eigenvalue weighted by Crippen LogP contribution is 2.28. The summed E-state index contributed by atoms with van der Waals surface area (Å²) < 4.78 is 2.18. The highest BCUT2D eigenvalue weighted by molar-refractivity contribution is 6.06. The maximum absolute atomic E-state index is 12.3. The van der Waals surface area contributed by atoms with Gasteiger partial charge in [-0.15, -0.1) is 0 Å². The highest BCUT2D eigenvalue weighted by Gasteiger charge is 2.21. The van der Waals surface area contributed by atoms with Gasteiger partial charge in [0.2, 0.25) is 0 Å². The van der Waals surface area contributed by atoms with E-state index in [-0.39, 0.29) is 5.91 Å². The van der Waals surface area contributed by atoms with Crippen molar-refractivity contribution in [3.8, 4) is 11.4 Å². The van der Waals surface area contributed by atoms with Crippen molar-refractivity contribution in [1.29, 1.82) is 0 Å². The lowest BCUT2D eigenvalue weighted by molar-refractivity contribution is 0.0956. The zero-order valence-corrected chi connectivity index (χ0v) is 16.2. The smallest absolute Gasteiger partial charge is 0.253 e. The first kappa shape index (κ1) is 18.7. The van der Waals surface area contributed by atoms with Gasteiger partial charge in [-0.1, -0.05) is 30.3 Å². The van der Waals surface area contributed by atoms with Crippen LogP contribution in [0.2, 0.25) is 0 Å². The number of hydrogen-bond acceptors (Lipinski definition) is 4. The molecule has 1 aromatic heterocycles. The summed E-state index contributed by atoms with van der Waals surface area (Å²) in [6.45, 7) is 4.81. The highest BCUT2D eigenvalue weighted by atomic mass is 16.2. The molecule has 1 fully saturated rings. The van der Waals surface area contributed by atoms with Gasteiger partial charge in [-0.3, -0.25) is 9.69 Å². The fourth-order valence-electron chi connectivity index (χ4n) is 4.14. The van der Waals surface area contributed by atoms with Crippen molar-refractivity contribution in [2.45, 2.75) is 25.9 Å². The summed E-state index contributed by atoms with van der Waals surface area (Å²) in [6, 6.07) is 14.5. The van der Waals surface area contributed by atoms with Gasteiger partial charge < -0.3 is 15.0 Å². The number of amides is 1. The quantitative estimate of drug-likeness (QED) is 0.735. The topological polar surface area (TPSA) is 70.4 Å². The van der Waals surface area contributed by atoms with Gasteiger partial charge in [0.15, 0.2) is 0 Å². The standard InChI is InChI=1S/C21H22N4O.CH4O/c26-21-17-4-3-5-18-19(17)25(13-10-22-21)20(23-18)16-8-6-15(7-9-16)14-24-11-1-2-12-24;1-2/h3-9H,1-2,10-14H2,(H,22,26);2H,1H3. The van der Waals surface area contributed by atoms with Gasteiger partial charge in [-0.25, -0.2) is 4.98 Å². The molecule has 6 nitrogen and oxygen atoms in total. The second kappa shape index (κ2) is 8.12. The average Bonchev–Trinajstić information content (AvgIpc) is 3.34. The molecule has 0 saturated carbocycles. The van der Waals surface area contributed by atoms with E-state index in [1.807, 2.05) is 18.2 Å². The summed E-state index contributed by atoms with van der Waals surface area (Å²) in [5, 5.41) is 9.97. The van der Waals surface area contributed by atoms with E-state index in [4.69, 9.17) is 10.1 Å². The predicted octanol–water partition coefficient (Wildman–Crippen LogP) is 2.65. The molecule has 1 amide bonds. The molecule has 0 unspecified atom stereocenters. The summed E-state index contributed by atoms with van der Waals surface area (Å²) in [5.41, 5.74) is 4.99. The van der Waals surface area contributed by atoms with Crippen LogP contribution in [0.5, 0.6) is 0 Å². The number of nitrogens with zero attached hydrogens (tertiary/aromatic N) is 3. The first-order valence-corrected chi connectivity index (χ1v) is 9.83. The molecule has 6 heteroatoms. The number of likely N-dealkylation sites (tertiary alicyclic amines) is 1. The Balaban J connectivity index is 0.000000932. The van der Waals surface area contributed by atoms with Crippen LogP contribution in [-0.2, 0) is 13.1 Å². The maximum atomic E-state index is 12.3. The molecular weight excluding hydrogens is 352 g/mol. The third-order valence-corrected chi connectivity index (χ3v) is 5.45. The van der Waals surface area contributed by atoms with E-state index in [1.165, 1.54) is 31.5 Å². The number of aliphatic hydroxyl groups excluding tert-OH is 1. The molecular formula is C22H26N4O2.